The van der Waals surface area contributed by atoms with E-state index in [2.05, 4.69) is 15.4 Å². The first-order valence-electron chi connectivity index (χ1n) is 7.49. The Morgan fingerprint density at radius 2 is 2.12 bits per heavy atom. The number of imide groups is 1. The molecule has 130 valence electrons. The van der Waals surface area contributed by atoms with Gasteiger partial charge >= 0.3 is 12.6 Å². The Bertz CT molecular complexity index is 663. The van der Waals surface area contributed by atoms with E-state index in [9.17, 15) is 22.8 Å². The second-order valence-electron chi connectivity index (χ2n) is 5.81. The van der Waals surface area contributed by atoms with Gasteiger partial charge < -0.3 is 15.4 Å². The molecule has 9 heteroatoms. The van der Waals surface area contributed by atoms with Crippen LogP contribution in [0.5, 0.6) is 5.75 Å². The quantitative estimate of drug-likeness (QED) is 0.815. The third kappa shape index (κ3) is 3.03. The highest BCUT2D eigenvalue weighted by molar-refractivity contribution is 6.07. The number of carbonyl (C=O) groups is 2. The monoisotopic (exact) mass is 343 g/mol. The number of nitrogens with one attached hydrogen (secondary N) is 2. The summed E-state index contributed by atoms with van der Waals surface area (Å²) in [6.45, 7) is -2.38. The lowest BCUT2D eigenvalue weighted by Gasteiger charge is -2.31. The molecule has 0 aromatic heterocycles. The van der Waals surface area contributed by atoms with Gasteiger partial charge in [0.25, 0.3) is 5.91 Å². The van der Waals surface area contributed by atoms with E-state index in [1.54, 1.807) is 0 Å². The van der Waals surface area contributed by atoms with Crippen LogP contribution in [0.2, 0.25) is 0 Å². The van der Waals surface area contributed by atoms with E-state index in [1.165, 1.54) is 0 Å². The number of urea groups is 1. The summed E-state index contributed by atoms with van der Waals surface area (Å²) in [4.78, 5) is 25.7. The zero-order chi connectivity index (χ0) is 17.3. The SMILES string of the molecule is O=C1NC2(CCCNC2)C(=O)N1Cc1cc(F)ccc1OC(F)F. The number of nitrogens with zero attached hydrogens (tertiary/aromatic N) is 1. The van der Waals surface area contributed by atoms with Gasteiger partial charge in [-0.05, 0) is 37.6 Å². The van der Waals surface area contributed by atoms with E-state index in [-0.39, 0.29) is 17.9 Å². The summed E-state index contributed by atoms with van der Waals surface area (Å²) in [6.07, 6.45) is 1.21. The van der Waals surface area contributed by atoms with E-state index in [4.69, 9.17) is 0 Å². The average molecular weight is 343 g/mol. The van der Waals surface area contributed by atoms with E-state index < -0.39 is 29.9 Å². The lowest BCUT2D eigenvalue weighted by Crippen LogP contribution is -2.57. The fourth-order valence-corrected chi connectivity index (χ4v) is 3.07. The molecule has 0 saturated carbocycles. The van der Waals surface area contributed by atoms with Crippen molar-refractivity contribution in [2.24, 2.45) is 0 Å². The molecule has 6 nitrogen and oxygen atoms in total. The maximum atomic E-state index is 13.4. The van der Waals surface area contributed by atoms with Gasteiger partial charge in [0.2, 0.25) is 0 Å². The molecule has 2 N–H and O–H groups in total. The Kier molecular flexibility index (Phi) is 4.35. The van der Waals surface area contributed by atoms with Gasteiger partial charge in [-0.3, -0.25) is 9.69 Å². The number of amides is 3. The molecule has 3 rings (SSSR count). The van der Waals surface area contributed by atoms with E-state index in [0.717, 1.165) is 36.1 Å². The summed E-state index contributed by atoms with van der Waals surface area (Å²) in [7, 11) is 0. The predicted molar refractivity (Wildman–Crippen MR) is 76.9 cm³/mol. The Hall–Kier alpha value is -2.29. The van der Waals surface area contributed by atoms with Crippen LogP contribution in [0.25, 0.3) is 0 Å². The minimum Gasteiger partial charge on any atom is -0.434 e. The molecule has 0 bridgehead atoms. The number of carbonyl (C=O) groups excluding carboxylic acids is 2. The molecule has 0 aliphatic carbocycles. The molecule has 24 heavy (non-hydrogen) atoms. The molecule has 1 unspecified atom stereocenters. The first-order valence-corrected chi connectivity index (χ1v) is 7.49. The van der Waals surface area contributed by atoms with Crippen molar-refractivity contribution in [3.8, 4) is 5.75 Å². The third-order valence-corrected chi connectivity index (χ3v) is 4.20. The molecule has 1 atom stereocenters. The van der Waals surface area contributed by atoms with Crippen LogP contribution in [0.4, 0.5) is 18.0 Å². The van der Waals surface area contributed by atoms with Crippen molar-refractivity contribution in [3.63, 3.8) is 0 Å². The normalized spacial score (nSPS) is 23.9. The van der Waals surface area contributed by atoms with Gasteiger partial charge in [-0.1, -0.05) is 0 Å². The largest absolute Gasteiger partial charge is 0.434 e. The summed E-state index contributed by atoms with van der Waals surface area (Å²) in [5, 5.41) is 5.71. The number of alkyl halides is 2. The van der Waals surface area contributed by atoms with E-state index in [1.807, 2.05) is 0 Å². The second kappa shape index (κ2) is 6.31. The van der Waals surface area contributed by atoms with Gasteiger partial charge in [0.05, 0.1) is 6.54 Å². The smallest absolute Gasteiger partial charge is 0.387 e. The van der Waals surface area contributed by atoms with Crippen LogP contribution >= 0.6 is 0 Å². The Morgan fingerprint density at radius 3 is 2.79 bits per heavy atom. The third-order valence-electron chi connectivity index (χ3n) is 4.20. The summed E-state index contributed by atoms with van der Waals surface area (Å²) in [5.41, 5.74) is -1.02. The van der Waals surface area contributed by atoms with Gasteiger partial charge in [-0.2, -0.15) is 8.78 Å². The summed E-state index contributed by atoms with van der Waals surface area (Å²) in [6, 6.07) is 2.37. The van der Waals surface area contributed by atoms with Crippen LogP contribution in [0.1, 0.15) is 18.4 Å². The second-order valence-corrected chi connectivity index (χ2v) is 5.81. The van der Waals surface area contributed by atoms with Crippen molar-refractivity contribution in [2.45, 2.75) is 31.5 Å². The van der Waals surface area contributed by atoms with Crippen molar-refractivity contribution < 1.29 is 27.5 Å². The Morgan fingerprint density at radius 1 is 1.33 bits per heavy atom. The minimum absolute atomic E-state index is 0.000353. The molecular formula is C15H16F3N3O3. The number of rotatable bonds is 4. The molecule has 2 aliphatic rings. The van der Waals surface area contributed by atoms with Crippen LogP contribution < -0.4 is 15.4 Å². The molecule has 2 aliphatic heterocycles. The highest BCUT2D eigenvalue weighted by atomic mass is 19.3. The molecule has 1 spiro atoms. The molecule has 1 aromatic carbocycles. The fourth-order valence-electron chi connectivity index (χ4n) is 3.07. The van der Waals surface area contributed by atoms with Crippen LogP contribution in [0, 0.1) is 5.82 Å². The summed E-state index contributed by atoms with van der Waals surface area (Å²) in [5.74, 6) is -1.39. The number of hydrogen-bond donors (Lipinski definition) is 2. The number of ether oxygens (including phenoxy) is 1. The van der Waals surface area contributed by atoms with Crippen molar-refractivity contribution in [1.29, 1.82) is 0 Å². The molecule has 2 fully saturated rings. The molecule has 3 amide bonds. The topological polar surface area (TPSA) is 70.7 Å². The van der Waals surface area contributed by atoms with E-state index >= 15 is 0 Å². The standard InChI is InChI=1S/C15H16F3N3O3/c16-10-2-3-11(24-13(17)18)9(6-10)7-21-12(22)15(20-14(21)23)4-1-5-19-8-15/h2-3,6,13,19H,1,4-5,7-8H2,(H,20,23). The number of benzene rings is 1. The van der Waals surface area contributed by atoms with Crippen LogP contribution in [0.3, 0.4) is 0 Å². The van der Waals surface area contributed by atoms with Gasteiger partial charge in [-0.25, -0.2) is 9.18 Å². The van der Waals surface area contributed by atoms with Crippen molar-refractivity contribution in [3.05, 3.63) is 29.6 Å². The van der Waals surface area contributed by atoms with E-state index in [0.29, 0.717) is 13.0 Å². The zero-order valence-corrected chi connectivity index (χ0v) is 12.7. The molecule has 2 saturated heterocycles. The highest BCUT2D eigenvalue weighted by Gasteiger charge is 2.51. The first kappa shape index (κ1) is 16.6. The molecule has 0 radical (unpaired) electrons. The lowest BCUT2D eigenvalue weighted by atomic mass is 9.90. The maximum Gasteiger partial charge on any atom is 0.387 e. The summed E-state index contributed by atoms with van der Waals surface area (Å²) < 4.78 is 42.7. The lowest BCUT2D eigenvalue weighted by molar-refractivity contribution is -0.132. The molecular weight excluding hydrogens is 327 g/mol. The Balaban J connectivity index is 1.84. The van der Waals surface area contributed by atoms with Crippen LogP contribution in [-0.2, 0) is 11.3 Å². The average Bonchev–Trinajstić information content (AvgIpc) is 2.75. The van der Waals surface area contributed by atoms with Crippen molar-refractivity contribution in [2.75, 3.05) is 13.1 Å². The van der Waals surface area contributed by atoms with Gasteiger partial charge in [0.1, 0.15) is 17.1 Å². The number of halogens is 3. The minimum atomic E-state index is -3.09. The predicted octanol–water partition coefficient (Wildman–Crippen LogP) is 1.60. The Labute approximate surface area is 135 Å². The van der Waals surface area contributed by atoms with Crippen molar-refractivity contribution >= 4 is 11.9 Å². The molecule has 2 heterocycles. The first-order chi connectivity index (χ1) is 11.4. The zero-order valence-electron chi connectivity index (χ0n) is 12.7. The van der Waals surface area contributed by atoms with Gasteiger partial charge in [0, 0.05) is 12.1 Å². The van der Waals surface area contributed by atoms with Crippen molar-refractivity contribution in [1.82, 2.24) is 15.5 Å². The highest BCUT2D eigenvalue weighted by Crippen LogP contribution is 2.29. The van der Waals surface area contributed by atoms with Crippen LogP contribution in [-0.4, -0.2) is 42.1 Å². The number of hydrogen-bond acceptors (Lipinski definition) is 4. The van der Waals surface area contributed by atoms with Gasteiger partial charge in [0.15, 0.2) is 0 Å². The maximum absolute atomic E-state index is 13.4. The molecule has 1 aromatic rings. The fraction of sp³-hybridized carbons (Fsp3) is 0.467. The number of piperidine rings is 1. The summed E-state index contributed by atoms with van der Waals surface area (Å²) >= 11 is 0. The van der Waals surface area contributed by atoms with Crippen LogP contribution in [0.15, 0.2) is 18.2 Å². The van der Waals surface area contributed by atoms with Gasteiger partial charge in [-0.15, -0.1) is 0 Å².